The number of rotatable bonds is 6. The fraction of sp³-hybridized carbons (Fsp3) is 0.350. The van der Waals surface area contributed by atoms with Crippen molar-refractivity contribution in [3.8, 4) is 5.75 Å². The lowest BCUT2D eigenvalue weighted by atomic mass is 9.97. The summed E-state index contributed by atoms with van der Waals surface area (Å²) in [6.45, 7) is 3.43. The highest BCUT2D eigenvalue weighted by atomic mass is 16.5. The van der Waals surface area contributed by atoms with Crippen molar-refractivity contribution in [1.82, 2.24) is 16.2 Å². The molecule has 2 aromatic carbocycles. The van der Waals surface area contributed by atoms with E-state index in [1.807, 2.05) is 36.4 Å². The lowest BCUT2D eigenvalue weighted by molar-refractivity contribution is 0.0851. The van der Waals surface area contributed by atoms with Gasteiger partial charge in [-0.2, -0.15) is 0 Å². The summed E-state index contributed by atoms with van der Waals surface area (Å²) in [7, 11) is 1.61. The molecule has 1 amide bonds. The van der Waals surface area contributed by atoms with Gasteiger partial charge in [-0.1, -0.05) is 36.4 Å². The third-order valence-electron chi connectivity index (χ3n) is 4.73. The molecule has 0 spiro atoms. The second-order valence-electron chi connectivity index (χ2n) is 6.53. The number of amides is 1. The van der Waals surface area contributed by atoms with Gasteiger partial charge >= 0.3 is 0 Å². The van der Waals surface area contributed by atoms with Gasteiger partial charge in [0, 0.05) is 24.6 Å². The quantitative estimate of drug-likeness (QED) is 0.635. The predicted molar refractivity (Wildman–Crippen MR) is 100 cm³/mol. The normalized spacial score (nSPS) is 16.9. The van der Waals surface area contributed by atoms with Crippen molar-refractivity contribution < 1.29 is 14.6 Å². The monoisotopic (exact) mass is 355 g/mol. The molecule has 2 aromatic rings. The molecule has 0 saturated carbocycles. The van der Waals surface area contributed by atoms with Crippen molar-refractivity contribution in [3.63, 3.8) is 0 Å². The van der Waals surface area contributed by atoms with Crippen LogP contribution < -0.4 is 20.9 Å². The Kier molecular flexibility index (Phi) is 5.88. The highest BCUT2D eigenvalue weighted by Crippen LogP contribution is 2.28. The van der Waals surface area contributed by atoms with Gasteiger partial charge in [-0.15, -0.1) is 0 Å². The molecule has 3 rings (SSSR count). The maximum atomic E-state index is 12.6. The Balaban J connectivity index is 1.71. The van der Waals surface area contributed by atoms with E-state index in [1.165, 1.54) is 0 Å². The smallest absolute Gasteiger partial charge is 0.251 e. The van der Waals surface area contributed by atoms with Gasteiger partial charge < -0.3 is 15.2 Å². The molecule has 2 atom stereocenters. The molecule has 6 nitrogen and oxygen atoms in total. The fourth-order valence-electron chi connectivity index (χ4n) is 3.18. The van der Waals surface area contributed by atoms with E-state index >= 15 is 0 Å². The number of aliphatic hydroxyl groups excluding tert-OH is 1. The summed E-state index contributed by atoms with van der Waals surface area (Å²) >= 11 is 0. The van der Waals surface area contributed by atoms with Crippen molar-refractivity contribution in [2.45, 2.75) is 25.0 Å². The van der Waals surface area contributed by atoms with Gasteiger partial charge in [-0.3, -0.25) is 15.6 Å². The zero-order chi connectivity index (χ0) is 18.5. The van der Waals surface area contributed by atoms with Crippen LogP contribution in [-0.4, -0.2) is 37.3 Å². The Morgan fingerprint density at radius 1 is 1.19 bits per heavy atom. The number of carbonyl (C=O) groups is 1. The van der Waals surface area contributed by atoms with E-state index in [-0.39, 0.29) is 5.91 Å². The minimum Gasteiger partial charge on any atom is -0.496 e. The van der Waals surface area contributed by atoms with Crippen LogP contribution in [0.15, 0.2) is 48.5 Å². The number of aliphatic hydroxyl groups is 1. The summed E-state index contributed by atoms with van der Waals surface area (Å²) in [5, 5.41) is 13.3. The minimum absolute atomic E-state index is 0.236. The molecule has 1 aliphatic heterocycles. The third kappa shape index (κ3) is 4.04. The number of ether oxygens (including phenoxy) is 1. The van der Waals surface area contributed by atoms with Crippen LogP contribution in [0.5, 0.6) is 5.75 Å². The zero-order valence-electron chi connectivity index (χ0n) is 15.0. The molecule has 1 fully saturated rings. The molecular formula is C20H25N3O3. The first-order valence-corrected chi connectivity index (χ1v) is 8.77. The van der Waals surface area contributed by atoms with Gasteiger partial charge in [-0.05, 0) is 30.2 Å². The molecule has 0 radical (unpaired) electrons. The maximum Gasteiger partial charge on any atom is 0.251 e. The van der Waals surface area contributed by atoms with Gasteiger partial charge in [-0.25, -0.2) is 0 Å². The Morgan fingerprint density at radius 2 is 1.88 bits per heavy atom. The van der Waals surface area contributed by atoms with E-state index in [4.69, 9.17) is 4.74 Å². The summed E-state index contributed by atoms with van der Waals surface area (Å²) in [5.41, 5.74) is 8.55. The molecule has 1 saturated heterocycles. The van der Waals surface area contributed by atoms with E-state index < -0.39 is 12.1 Å². The van der Waals surface area contributed by atoms with Crippen LogP contribution in [0, 0.1) is 0 Å². The predicted octanol–water partition coefficient (Wildman–Crippen LogP) is 1.74. The molecule has 0 unspecified atom stereocenters. The minimum atomic E-state index is -0.767. The number of hydrogen-bond acceptors (Lipinski definition) is 5. The molecule has 0 aromatic heterocycles. The highest BCUT2D eigenvalue weighted by Gasteiger charge is 2.23. The van der Waals surface area contributed by atoms with Crippen LogP contribution in [0.1, 0.15) is 40.4 Å². The van der Waals surface area contributed by atoms with Crippen molar-refractivity contribution in [3.05, 3.63) is 65.2 Å². The number of benzene rings is 2. The Morgan fingerprint density at radius 3 is 2.54 bits per heavy atom. The first-order chi connectivity index (χ1) is 12.6. The van der Waals surface area contributed by atoms with Crippen LogP contribution in [0.2, 0.25) is 0 Å². The van der Waals surface area contributed by atoms with Gasteiger partial charge in [0.15, 0.2) is 0 Å². The molecule has 138 valence electrons. The standard InChI is InChI=1S/C20H25N3O3/c1-13(19(24)14-6-4-3-5-7-14)23-20(25)15-8-9-17(18(10-15)26-2)16-11-21-22-12-16/h3-10,13,16,19,21-22,24H,11-12H2,1-2H3,(H,23,25)/t13-,19-/m1/s1. The number of nitrogens with one attached hydrogen (secondary N) is 3. The van der Waals surface area contributed by atoms with Gasteiger partial charge in [0.05, 0.1) is 19.3 Å². The summed E-state index contributed by atoms with van der Waals surface area (Å²) in [6, 6.07) is 14.4. The van der Waals surface area contributed by atoms with Gasteiger partial charge in [0.2, 0.25) is 0 Å². The van der Waals surface area contributed by atoms with Crippen LogP contribution in [0.3, 0.4) is 0 Å². The van der Waals surface area contributed by atoms with E-state index in [1.54, 1.807) is 26.2 Å². The largest absolute Gasteiger partial charge is 0.496 e. The maximum absolute atomic E-state index is 12.6. The van der Waals surface area contributed by atoms with E-state index in [0.29, 0.717) is 17.2 Å². The molecule has 1 heterocycles. The Labute approximate surface area is 153 Å². The number of carbonyl (C=O) groups excluding carboxylic acids is 1. The molecule has 1 aliphatic rings. The van der Waals surface area contributed by atoms with Crippen molar-refractivity contribution >= 4 is 5.91 Å². The van der Waals surface area contributed by atoms with E-state index in [9.17, 15) is 9.90 Å². The second-order valence-corrected chi connectivity index (χ2v) is 6.53. The van der Waals surface area contributed by atoms with Crippen LogP contribution in [-0.2, 0) is 0 Å². The van der Waals surface area contributed by atoms with Crippen molar-refractivity contribution in [2.24, 2.45) is 0 Å². The molecule has 0 bridgehead atoms. The van der Waals surface area contributed by atoms with E-state index in [0.717, 1.165) is 24.2 Å². The summed E-state index contributed by atoms with van der Waals surface area (Å²) in [6.07, 6.45) is -0.767. The molecule has 6 heteroatoms. The molecular weight excluding hydrogens is 330 g/mol. The number of hydrazine groups is 1. The average Bonchev–Trinajstić information content (AvgIpc) is 3.22. The topological polar surface area (TPSA) is 82.6 Å². The zero-order valence-corrected chi connectivity index (χ0v) is 15.0. The SMILES string of the molecule is COc1cc(C(=O)N[C@H](C)[C@@H](O)c2ccccc2)ccc1C1CNNC1. The number of methoxy groups -OCH3 is 1. The third-order valence-corrected chi connectivity index (χ3v) is 4.73. The Bertz CT molecular complexity index is 745. The van der Waals surface area contributed by atoms with Gasteiger partial charge in [0.1, 0.15) is 5.75 Å². The lowest BCUT2D eigenvalue weighted by Crippen LogP contribution is -2.37. The molecule has 0 aliphatic carbocycles. The first-order valence-electron chi connectivity index (χ1n) is 8.77. The Hall–Kier alpha value is -2.41. The highest BCUT2D eigenvalue weighted by molar-refractivity contribution is 5.95. The van der Waals surface area contributed by atoms with Crippen LogP contribution in [0.4, 0.5) is 0 Å². The van der Waals surface area contributed by atoms with Crippen LogP contribution >= 0.6 is 0 Å². The molecule has 26 heavy (non-hydrogen) atoms. The van der Waals surface area contributed by atoms with E-state index in [2.05, 4.69) is 16.2 Å². The van der Waals surface area contributed by atoms with Gasteiger partial charge in [0.25, 0.3) is 5.91 Å². The van der Waals surface area contributed by atoms with Crippen LogP contribution in [0.25, 0.3) is 0 Å². The summed E-state index contributed by atoms with van der Waals surface area (Å²) < 4.78 is 5.49. The fourth-order valence-corrected chi connectivity index (χ4v) is 3.18. The first kappa shape index (κ1) is 18.4. The van der Waals surface area contributed by atoms with Crippen molar-refractivity contribution in [1.29, 1.82) is 0 Å². The number of hydrogen-bond donors (Lipinski definition) is 4. The summed E-state index contributed by atoms with van der Waals surface area (Å²) in [4.78, 5) is 12.6. The average molecular weight is 355 g/mol. The second kappa shape index (κ2) is 8.31. The van der Waals surface area contributed by atoms with Crippen molar-refractivity contribution in [2.75, 3.05) is 20.2 Å². The summed E-state index contributed by atoms with van der Waals surface area (Å²) in [5.74, 6) is 0.769. The molecule has 4 N–H and O–H groups in total. The lowest BCUT2D eigenvalue weighted by Gasteiger charge is -2.21.